The van der Waals surface area contributed by atoms with Gasteiger partial charge in [0.25, 0.3) is 0 Å². The summed E-state index contributed by atoms with van der Waals surface area (Å²) in [6, 6.07) is 10.4. The van der Waals surface area contributed by atoms with E-state index in [1.54, 1.807) is 0 Å². The lowest BCUT2D eigenvalue weighted by Gasteiger charge is -2.15. The maximum Gasteiger partial charge on any atom is 0.328 e. The van der Waals surface area contributed by atoms with Crippen LogP contribution in [-0.2, 0) is 16.1 Å². The van der Waals surface area contributed by atoms with Crippen molar-refractivity contribution < 1.29 is 19.8 Å². The summed E-state index contributed by atoms with van der Waals surface area (Å²) in [5.41, 5.74) is 3.98. The number of nitrogens with zero attached hydrogens (tertiary/aromatic N) is 1. The second-order valence-corrected chi connectivity index (χ2v) is 4.19. The molecule has 7 heteroatoms. The summed E-state index contributed by atoms with van der Waals surface area (Å²) in [6.45, 7) is 2.76. The van der Waals surface area contributed by atoms with E-state index >= 15 is 0 Å². The van der Waals surface area contributed by atoms with Gasteiger partial charge in [0, 0.05) is 31.8 Å². The predicted octanol–water partition coefficient (Wildman–Crippen LogP) is 0.294. The zero-order valence-corrected chi connectivity index (χ0v) is 11.9. The Hall–Kier alpha value is -2.22. The van der Waals surface area contributed by atoms with E-state index in [9.17, 15) is 9.59 Å². The Kier molecular flexibility index (Phi) is 10.4. The van der Waals surface area contributed by atoms with Crippen molar-refractivity contribution >= 4 is 11.9 Å². The second-order valence-electron chi connectivity index (χ2n) is 4.19. The van der Waals surface area contributed by atoms with Crippen molar-refractivity contribution in [3.63, 3.8) is 0 Å². The Morgan fingerprint density at radius 2 is 1.71 bits per heavy atom. The van der Waals surface area contributed by atoms with E-state index in [4.69, 9.17) is 16.1 Å². The number of carboxylic acids is 2. The highest BCUT2D eigenvalue weighted by atomic mass is 16.4. The van der Waals surface area contributed by atoms with E-state index < -0.39 is 11.9 Å². The SMILES string of the molecule is CN(CCNN)Cc1ccccc1.O=C(O)/C=C\C(=O)O. The number of nitrogens with one attached hydrogen (secondary N) is 1. The molecule has 0 aliphatic rings. The molecule has 1 aromatic carbocycles. The molecule has 0 fully saturated rings. The van der Waals surface area contributed by atoms with Gasteiger partial charge in [-0.15, -0.1) is 0 Å². The van der Waals surface area contributed by atoms with Crippen molar-refractivity contribution in [3.05, 3.63) is 48.0 Å². The highest BCUT2D eigenvalue weighted by Crippen LogP contribution is 2.01. The zero-order valence-electron chi connectivity index (χ0n) is 11.9. The first-order chi connectivity index (χ1) is 9.95. The van der Waals surface area contributed by atoms with Gasteiger partial charge in [0.05, 0.1) is 0 Å². The lowest BCUT2D eigenvalue weighted by molar-refractivity contribution is -0.134. The highest BCUT2D eigenvalue weighted by Gasteiger charge is 1.97. The molecule has 1 aromatic rings. The van der Waals surface area contributed by atoms with Crippen molar-refractivity contribution in [2.24, 2.45) is 5.84 Å². The van der Waals surface area contributed by atoms with E-state index in [-0.39, 0.29) is 0 Å². The molecule has 0 spiro atoms. The zero-order chi connectivity index (χ0) is 16.1. The van der Waals surface area contributed by atoms with Crippen LogP contribution in [0.3, 0.4) is 0 Å². The number of hydrazine groups is 1. The molecule has 0 heterocycles. The molecule has 0 unspecified atom stereocenters. The molecule has 0 aliphatic carbocycles. The first kappa shape index (κ1) is 18.8. The molecule has 0 aliphatic heterocycles. The molecular weight excluding hydrogens is 274 g/mol. The molecule has 116 valence electrons. The van der Waals surface area contributed by atoms with Crippen LogP contribution in [0.25, 0.3) is 0 Å². The normalized spacial score (nSPS) is 10.2. The number of hydrogen-bond donors (Lipinski definition) is 4. The lowest BCUT2D eigenvalue weighted by atomic mass is 10.2. The molecule has 0 radical (unpaired) electrons. The van der Waals surface area contributed by atoms with Crippen molar-refractivity contribution in [2.45, 2.75) is 6.54 Å². The third kappa shape index (κ3) is 12.6. The maximum atomic E-state index is 9.55. The van der Waals surface area contributed by atoms with Gasteiger partial charge in [0.1, 0.15) is 0 Å². The number of nitrogens with two attached hydrogens (primary N) is 1. The van der Waals surface area contributed by atoms with Crippen molar-refractivity contribution in [2.75, 3.05) is 20.1 Å². The third-order valence-electron chi connectivity index (χ3n) is 2.30. The van der Waals surface area contributed by atoms with Crippen molar-refractivity contribution in [1.82, 2.24) is 10.3 Å². The van der Waals surface area contributed by atoms with Gasteiger partial charge in [-0.1, -0.05) is 30.3 Å². The summed E-state index contributed by atoms with van der Waals surface area (Å²) in [6.07, 6.45) is 1.12. The minimum Gasteiger partial charge on any atom is -0.478 e. The molecule has 0 amide bonds. The van der Waals surface area contributed by atoms with Crippen LogP contribution < -0.4 is 11.3 Å². The average molecular weight is 295 g/mol. The highest BCUT2D eigenvalue weighted by molar-refractivity contribution is 5.89. The van der Waals surface area contributed by atoms with E-state index in [0.29, 0.717) is 12.2 Å². The average Bonchev–Trinajstić information content (AvgIpc) is 2.45. The topological polar surface area (TPSA) is 116 Å². The predicted molar refractivity (Wildman–Crippen MR) is 79.4 cm³/mol. The van der Waals surface area contributed by atoms with Gasteiger partial charge in [-0.2, -0.15) is 0 Å². The molecule has 1 rings (SSSR count). The first-order valence-corrected chi connectivity index (χ1v) is 6.25. The molecule has 0 atom stereocenters. The number of benzene rings is 1. The van der Waals surface area contributed by atoms with Crippen LogP contribution in [0.4, 0.5) is 0 Å². The second kappa shape index (κ2) is 11.6. The maximum absolute atomic E-state index is 9.55. The fourth-order valence-corrected chi connectivity index (χ4v) is 1.37. The van der Waals surface area contributed by atoms with E-state index in [0.717, 1.165) is 19.6 Å². The molecule has 7 nitrogen and oxygen atoms in total. The smallest absolute Gasteiger partial charge is 0.328 e. The van der Waals surface area contributed by atoms with Crippen LogP contribution in [0.1, 0.15) is 5.56 Å². The van der Waals surface area contributed by atoms with Gasteiger partial charge < -0.3 is 15.1 Å². The summed E-state index contributed by atoms with van der Waals surface area (Å²) in [4.78, 5) is 21.3. The summed E-state index contributed by atoms with van der Waals surface area (Å²) >= 11 is 0. The third-order valence-corrected chi connectivity index (χ3v) is 2.30. The number of carboxylic acid groups (broad SMARTS) is 2. The van der Waals surface area contributed by atoms with Gasteiger partial charge in [-0.3, -0.25) is 11.3 Å². The summed E-state index contributed by atoms with van der Waals surface area (Å²) < 4.78 is 0. The molecule has 21 heavy (non-hydrogen) atoms. The Balaban J connectivity index is 0.000000433. The minimum absolute atomic E-state index is 0.558. The van der Waals surface area contributed by atoms with Crippen LogP contribution in [0.15, 0.2) is 42.5 Å². The Morgan fingerprint density at radius 1 is 1.19 bits per heavy atom. The van der Waals surface area contributed by atoms with Gasteiger partial charge in [0.2, 0.25) is 0 Å². The summed E-state index contributed by atoms with van der Waals surface area (Å²) in [5.74, 6) is 2.68. The van der Waals surface area contributed by atoms with Crippen LogP contribution in [0.2, 0.25) is 0 Å². The molecular formula is C14H21N3O4. The molecule has 0 aromatic heterocycles. The number of carbonyl (C=O) groups is 2. The van der Waals surface area contributed by atoms with Crippen LogP contribution in [-0.4, -0.2) is 47.2 Å². The van der Waals surface area contributed by atoms with Crippen molar-refractivity contribution in [3.8, 4) is 0 Å². The number of likely N-dealkylation sites (N-methyl/N-ethyl adjacent to an activating group) is 1. The van der Waals surface area contributed by atoms with Gasteiger partial charge >= 0.3 is 11.9 Å². The Labute approximate surface area is 123 Å². The molecule has 0 bridgehead atoms. The monoisotopic (exact) mass is 295 g/mol. The standard InChI is InChI=1S/C10H17N3.C4H4O4/c1-13(8-7-12-11)9-10-5-3-2-4-6-10;5-3(6)1-2-4(7)8/h2-6,12H,7-9,11H2,1H3;1-2H,(H,5,6)(H,7,8)/b;2-1-. The Morgan fingerprint density at radius 3 is 2.14 bits per heavy atom. The summed E-state index contributed by atoms with van der Waals surface area (Å²) in [7, 11) is 2.09. The van der Waals surface area contributed by atoms with E-state index in [1.165, 1.54) is 5.56 Å². The van der Waals surface area contributed by atoms with Gasteiger partial charge in [-0.25, -0.2) is 9.59 Å². The molecule has 5 N–H and O–H groups in total. The van der Waals surface area contributed by atoms with Crippen molar-refractivity contribution in [1.29, 1.82) is 0 Å². The largest absolute Gasteiger partial charge is 0.478 e. The molecule has 0 saturated heterocycles. The fraction of sp³-hybridized carbons (Fsp3) is 0.286. The fourth-order valence-electron chi connectivity index (χ4n) is 1.37. The molecule has 0 saturated carbocycles. The van der Waals surface area contributed by atoms with E-state index in [1.807, 2.05) is 6.07 Å². The Bertz CT molecular complexity index is 433. The lowest BCUT2D eigenvalue weighted by Crippen LogP contribution is -2.32. The van der Waals surface area contributed by atoms with Crippen LogP contribution >= 0.6 is 0 Å². The van der Waals surface area contributed by atoms with Crippen LogP contribution in [0, 0.1) is 0 Å². The first-order valence-electron chi connectivity index (χ1n) is 6.25. The minimum atomic E-state index is -1.26. The van der Waals surface area contributed by atoms with Gasteiger partial charge in [0.15, 0.2) is 0 Å². The quantitative estimate of drug-likeness (QED) is 0.324. The van der Waals surface area contributed by atoms with E-state index in [2.05, 4.69) is 41.6 Å². The number of aliphatic carboxylic acids is 2. The number of hydrogen-bond acceptors (Lipinski definition) is 5. The van der Waals surface area contributed by atoms with Gasteiger partial charge in [-0.05, 0) is 12.6 Å². The summed E-state index contributed by atoms with van der Waals surface area (Å²) in [5, 5.41) is 15.6. The number of rotatable bonds is 7. The van der Waals surface area contributed by atoms with Crippen LogP contribution in [0.5, 0.6) is 0 Å².